The van der Waals surface area contributed by atoms with E-state index in [0.29, 0.717) is 17.3 Å². The second-order valence-corrected chi connectivity index (χ2v) is 10.2. The van der Waals surface area contributed by atoms with Crippen LogP contribution in [0.15, 0.2) is 47.4 Å². The second kappa shape index (κ2) is 8.54. The number of aromatic nitrogens is 1. The molecule has 0 spiro atoms. The SMILES string of the molecule is COc1cccc(S(=O)(=O)N2CCc3nc(NC(=O)c4ccc(F)cc4Cl)sc3C2)c1. The molecule has 2 heterocycles. The summed E-state index contributed by atoms with van der Waals surface area (Å²) in [7, 11) is -2.23. The Morgan fingerprint density at radius 3 is 2.84 bits per heavy atom. The number of hydrogen-bond acceptors (Lipinski definition) is 6. The van der Waals surface area contributed by atoms with Gasteiger partial charge in [-0.15, -0.1) is 11.3 Å². The molecule has 162 valence electrons. The number of ether oxygens (including phenoxy) is 1. The molecule has 0 saturated carbocycles. The van der Waals surface area contributed by atoms with Gasteiger partial charge in [0.1, 0.15) is 11.6 Å². The predicted octanol–water partition coefficient (Wildman–Crippen LogP) is 3.94. The monoisotopic (exact) mass is 481 g/mol. The number of hydrogen-bond donors (Lipinski definition) is 1. The van der Waals surface area contributed by atoms with Crippen LogP contribution in [0.1, 0.15) is 20.9 Å². The molecule has 1 N–H and O–H groups in total. The molecule has 0 atom stereocenters. The number of amides is 1. The van der Waals surface area contributed by atoms with E-state index in [4.69, 9.17) is 16.3 Å². The number of thiazole rings is 1. The number of anilines is 1. The van der Waals surface area contributed by atoms with E-state index in [1.165, 1.54) is 41.0 Å². The summed E-state index contributed by atoms with van der Waals surface area (Å²) in [6.07, 6.45) is 0.419. The van der Waals surface area contributed by atoms with Crippen molar-refractivity contribution in [2.45, 2.75) is 17.9 Å². The zero-order chi connectivity index (χ0) is 22.2. The summed E-state index contributed by atoms with van der Waals surface area (Å²) in [6, 6.07) is 9.82. The van der Waals surface area contributed by atoms with E-state index in [0.717, 1.165) is 22.7 Å². The van der Waals surface area contributed by atoms with Crippen molar-refractivity contribution in [3.8, 4) is 5.75 Å². The van der Waals surface area contributed by atoms with Crippen molar-refractivity contribution in [2.24, 2.45) is 0 Å². The van der Waals surface area contributed by atoms with Crippen molar-refractivity contribution in [1.29, 1.82) is 0 Å². The quantitative estimate of drug-likeness (QED) is 0.596. The van der Waals surface area contributed by atoms with Gasteiger partial charge in [-0.3, -0.25) is 10.1 Å². The van der Waals surface area contributed by atoms with Crippen molar-refractivity contribution in [2.75, 3.05) is 19.0 Å². The zero-order valence-corrected chi connectivity index (χ0v) is 18.7. The summed E-state index contributed by atoms with van der Waals surface area (Å²) >= 11 is 7.14. The lowest BCUT2D eigenvalue weighted by Gasteiger charge is -2.25. The molecule has 1 aromatic heterocycles. The second-order valence-electron chi connectivity index (χ2n) is 6.73. The van der Waals surface area contributed by atoms with Crippen LogP contribution in [0.4, 0.5) is 9.52 Å². The molecule has 0 radical (unpaired) electrons. The maximum atomic E-state index is 13.2. The highest BCUT2D eigenvalue weighted by Gasteiger charge is 2.31. The summed E-state index contributed by atoms with van der Waals surface area (Å²) in [5.74, 6) is -0.596. The largest absolute Gasteiger partial charge is 0.497 e. The van der Waals surface area contributed by atoms with Gasteiger partial charge in [-0.1, -0.05) is 17.7 Å². The van der Waals surface area contributed by atoms with Crippen LogP contribution in [0.5, 0.6) is 5.75 Å². The van der Waals surface area contributed by atoms with Gasteiger partial charge >= 0.3 is 0 Å². The number of nitrogens with one attached hydrogen (secondary N) is 1. The minimum Gasteiger partial charge on any atom is -0.497 e. The summed E-state index contributed by atoms with van der Waals surface area (Å²) in [5, 5.41) is 2.98. The topological polar surface area (TPSA) is 88.6 Å². The molecule has 0 unspecified atom stereocenters. The molecule has 2 aromatic carbocycles. The Bertz CT molecular complexity index is 1260. The molecular formula is C20H17ClFN3O4S2. The van der Waals surface area contributed by atoms with Gasteiger partial charge in [0.2, 0.25) is 10.0 Å². The third-order valence-electron chi connectivity index (χ3n) is 4.77. The molecule has 3 aromatic rings. The summed E-state index contributed by atoms with van der Waals surface area (Å²) < 4.78 is 45.8. The fourth-order valence-electron chi connectivity index (χ4n) is 3.18. The molecular weight excluding hydrogens is 465 g/mol. The number of halogens is 2. The molecule has 7 nitrogen and oxygen atoms in total. The number of methoxy groups -OCH3 is 1. The molecule has 1 aliphatic rings. The smallest absolute Gasteiger partial charge is 0.258 e. The van der Waals surface area contributed by atoms with Gasteiger partial charge in [-0.2, -0.15) is 4.31 Å². The Morgan fingerprint density at radius 1 is 1.29 bits per heavy atom. The third kappa shape index (κ3) is 4.42. The number of fused-ring (bicyclic) bond motifs is 1. The van der Waals surface area contributed by atoms with Gasteiger partial charge in [-0.25, -0.2) is 17.8 Å². The van der Waals surface area contributed by atoms with Gasteiger partial charge in [0.15, 0.2) is 5.13 Å². The van der Waals surface area contributed by atoms with Crippen LogP contribution < -0.4 is 10.1 Å². The van der Waals surface area contributed by atoms with E-state index >= 15 is 0 Å². The van der Waals surface area contributed by atoms with E-state index in [1.54, 1.807) is 12.1 Å². The van der Waals surface area contributed by atoms with Crippen molar-refractivity contribution in [3.05, 3.63) is 69.4 Å². The number of sulfonamides is 1. The van der Waals surface area contributed by atoms with E-state index in [9.17, 15) is 17.6 Å². The Balaban J connectivity index is 1.52. The summed E-state index contributed by atoms with van der Waals surface area (Å²) in [4.78, 5) is 17.8. The Kier molecular flexibility index (Phi) is 5.98. The zero-order valence-electron chi connectivity index (χ0n) is 16.3. The average Bonchev–Trinajstić information content (AvgIpc) is 3.15. The number of carbonyl (C=O) groups excluding carboxylic acids is 1. The predicted molar refractivity (Wildman–Crippen MR) is 116 cm³/mol. The molecule has 1 aliphatic heterocycles. The van der Waals surface area contributed by atoms with Crippen LogP contribution in [0, 0.1) is 5.82 Å². The van der Waals surface area contributed by atoms with Crippen molar-refractivity contribution < 1.29 is 22.3 Å². The molecule has 0 fully saturated rings. The number of nitrogens with zero attached hydrogens (tertiary/aromatic N) is 2. The fraction of sp³-hybridized carbons (Fsp3) is 0.200. The number of carbonyl (C=O) groups is 1. The van der Waals surface area contributed by atoms with Crippen LogP contribution in [0.25, 0.3) is 0 Å². The molecule has 4 rings (SSSR count). The van der Waals surface area contributed by atoms with E-state index in [2.05, 4.69) is 10.3 Å². The van der Waals surface area contributed by atoms with Gasteiger partial charge in [0.05, 0.1) is 34.8 Å². The molecule has 11 heteroatoms. The third-order valence-corrected chi connectivity index (χ3v) is 7.92. The van der Waals surface area contributed by atoms with Crippen molar-refractivity contribution in [3.63, 3.8) is 0 Å². The minimum atomic E-state index is -3.71. The van der Waals surface area contributed by atoms with Crippen LogP contribution >= 0.6 is 22.9 Å². The van der Waals surface area contributed by atoms with E-state index in [1.807, 2.05) is 0 Å². The molecule has 1 amide bonds. The van der Waals surface area contributed by atoms with Gasteiger partial charge in [-0.05, 0) is 30.3 Å². The lowest BCUT2D eigenvalue weighted by atomic mass is 10.2. The van der Waals surface area contributed by atoms with E-state index < -0.39 is 21.7 Å². The summed E-state index contributed by atoms with van der Waals surface area (Å²) in [5.41, 5.74) is 0.862. The van der Waals surface area contributed by atoms with Crippen LogP contribution in [-0.4, -0.2) is 37.3 Å². The maximum absolute atomic E-state index is 13.2. The highest BCUT2D eigenvalue weighted by molar-refractivity contribution is 7.89. The van der Waals surface area contributed by atoms with Crippen molar-refractivity contribution >= 4 is 44.0 Å². The Labute approximate surface area is 187 Å². The van der Waals surface area contributed by atoms with Crippen LogP contribution in [-0.2, 0) is 23.0 Å². The Hall–Kier alpha value is -2.53. The van der Waals surface area contributed by atoms with Gasteiger partial charge in [0.25, 0.3) is 5.91 Å². The minimum absolute atomic E-state index is 0.00521. The first-order valence-electron chi connectivity index (χ1n) is 9.17. The average molecular weight is 482 g/mol. The maximum Gasteiger partial charge on any atom is 0.258 e. The van der Waals surface area contributed by atoms with Gasteiger partial charge < -0.3 is 4.74 Å². The normalized spacial score (nSPS) is 14.2. The fourth-order valence-corrected chi connectivity index (χ4v) is 5.98. The number of benzene rings is 2. The summed E-state index contributed by atoms with van der Waals surface area (Å²) in [6.45, 7) is 0.424. The first-order chi connectivity index (χ1) is 14.8. The standard InChI is InChI=1S/C20H17ClFN3O4S2/c1-29-13-3-2-4-14(10-13)31(27,28)25-8-7-17-18(11-25)30-20(23-17)24-19(26)15-6-5-12(22)9-16(15)21/h2-6,9-10H,7-8,11H2,1H3,(H,23,24,26). The molecule has 0 saturated heterocycles. The lowest BCUT2D eigenvalue weighted by molar-refractivity contribution is 0.102. The highest BCUT2D eigenvalue weighted by atomic mass is 35.5. The molecule has 0 bridgehead atoms. The molecule has 0 aliphatic carbocycles. The highest BCUT2D eigenvalue weighted by Crippen LogP contribution is 2.32. The lowest BCUT2D eigenvalue weighted by Crippen LogP contribution is -2.35. The van der Waals surface area contributed by atoms with Crippen LogP contribution in [0.2, 0.25) is 5.02 Å². The van der Waals surface area contributed by atoms with E-state index in [-0.39, 0.29) is 28.6 Å². The first-order valence-corrected chi connectivity index (χ1v) is 11.8. The van der Waals surface area contributed by atoms with Crippen molar-refractivity contribution in [1.82, 2.24) is 9.29 Å². The Morgan fingerprint density at radius 2 is 2.10 bits per heavy atom. The number of rotatable bonds is 5. The first kappa shape index (κ1) is 21.7. The van der Waals surface area contributed by atoms with Gasteiger partial charge in [0, 0.05) is 23.9 Å². The van der Waals surface area contributed by atoms with Crippen LogP contribution in [0.3, 0.4) is 0 Å². The molecule has 31 heavy (non-hydrogen) atoms.